The lowest BCUT2D eigenvalue weighted by Gasteiger charge is -2.27. The van der Waals surface area contributed by atoms with Crippen molar-refractivity contribution in [1.29, 1.82) is 0 Å². The average Bonchev–Trinajstić information content (AvgIpc) is 2.29. The highest BCUT2D eigenvalue weighted by atomic mass is 14.9. The number of aromatic nitrogens is 2. The number of nitrogens with zero attached hydrogens (tertiary/aromatic N) is 2. The summed E-state index contributed by atoms with van der Waals surface area (Å²) >= 11 is 0. The fourth-order valence-corrected chi connectivity index (χ4v) is 2.39. The summed E-state index contributed by atoms with van der Waals surface area (Å²) in [4.78, 5) is 8.51. The van der Waals surface area contributed by atoms with E-state index in [0.29, 0.717) is 5.92 Å². The molecule has 2 N–H and O–H groups in total. The van der Waals surface area contributed by atoms with Crippen LogP contribution in [0.25, 0.3) is 0 Å². The van der Waals surface area contributed by atoms with Crippen LogP contribution in [0.5, 0.6) is 0 Å². The van der Waals surface area contributed by atoms with Crippen molar-refractivity contribution in [3.8, 4) is 0 Å². The third kappa shape index (κ3) is 2.53. The Balaban J connectivity index is 2.08. The van der Waals surface area contributed by atoms with Gasteiger partial charge in [-0.3, -0.25) is 0 Å². The molecule has 3 nitrogen and oxygen atoms in total. The summed E-state index contributed by atoms with van der Waals surface area (Å²) in [5.41, 5.74) is 7.26. The molecule has 0 amide bonds. The Bertz CT molecular complexity index is 318. The van der Waals surface area contributed by atoms with Gasteiger partial charge in [0.25, 0.3) is 0 Å². The fourth-order valence-electron chi connectivity index (χ4n) is 2.39. The first kappa shape index (κ1) is 10.6. The van der Waals surface area contributed by atoms with Gasteiger partial charge in [-0.25, -0.2) is 9.97 Å². The number of hydrogen-bond acceptors (Lipinski definition) is 3. The van der Waals surface area contributed by atoms with Gasteiger partial charge in [0.15, 0.2) is 0 Å². The standard InChI is InChI=1S/C12H19N3/c1-9-14-8-7-11(15-9)12(13)10-5-3-2-4-6-10/h7-8,10,12H,2-6,13H2,1H3. The maximum Gasteiger partial charge on any atom is 0.125 e. The van der Waals surface area contributed by atoms with Crippen LogP contribution in [0.3, 0.4) is 0 Å². The van der Waals surface area contributed by atoms with Crippen molar-refractivity contribution in [3.63, 3.8) is 0 Å². The minimum atomic E-state index is 0.104. The van der Waals surface area contributed by atoms with Crippen LogP contribution < -0.4 is 5.73 Å². The van der Waals surface area contributed by atoms with Crippen LogP contribution in [-0.2, 0) is 0 Å². The van der Waals surface area contributed by atoms with Gasteiger partial charge in [-0.05, 0) is 31.7 Å². The largest absolute Gasteiger partial charge is 0.322 e. The zero-order valence-electron chi connectivity index (χ0n) is 9.32. The molecule has 0 aliphatic heterocycles. The van der Waals surface area contributed by atoms with E-state index in [1.54, 1.807) is 6.20 Å². The number of hydrogen-bond donors (Lipinski definition) is 1. The Labute approximate surface area is 91.1 Å². The lowest BCUT2D eigenvalue weighted by molar-refractivity contribution is 0.304. The van der Waals surface area contributed by atoms with Crippen LogP contribution in [0.1, 0.15) is 49.7 Å². The molecule has 0 saturated heterocycles. The zero-order chi connectivity index (χ0) is 10.7. The summed E-state index contributed by atoms with van der Waals surface area (Å²) in [6.07, 6.45) is 8.33. The van der Waals surface area contributed by atoms with Gasteiger partial charge in [0.05, 0.1) is 5.69 Å². The molecular weight excluding hydrogens is 186 g/mol. The number of nitrogens with two attached hydrogens (primary N) is 1. The van der Waals surface area contributed by atoms with Crippen LogP contribution in [0.2, 0.25) is 0 Å². The molecular formula is C12H19N3. The molecule has 1 unspecified atom stereocenters. The SMILES string of the molecule is Cc1nccc(C(N)C2CCCCC2)n1. The maximum atomic E-state index is 6.25. The van der Waals surface area contributed by atoms with Gasteiger partial charge >= 0.3 is 0 Å². The van der Waals surface area contributed by atoms with Gasteiger partial charge in [-0.15, -0.1) is 0 Å². The number of aryl methyl sites for hydroxylation is 1. The van der Waals surface area contributed by atoms with Crippen molar-refractivity contribution in [2.75, 3.05) is 0 Å². The molecule has 82 valence electrons. The molecule has 15 heavy (non-hydrogen) atoms. The monoisotopic (exact) mass is 205 g/mol. The summed E-state index contributed by atoms with van der Waals surface area (Å²) in [7, 11) is 0. The van der Waals surface area contributed by atoms with E-state index in [-0.39, 0.29) is 6.04 Å². The molecule has 0 aromatic carbocycles. The number of rotatable bonds is 2. The normalized spacial score (nSPS) is 20.1. The Morgan fingerprint density at radius 1 is 1.33 bits per heavy atom. The molecule has 0 bridgehead atoms. The van der Waals surface area contributed by atoms with Gasteiger partial charge in [0.1, 0.15) is 5.82 Å². The molecule has 1 aliphatic carbocycles. The average molecular weight is 205 g/mol. The lowest BCUT2D eigenvalue weighted by atomic mass is 9.83. The highest BCUT2D eigenvalue weighted by Crippen LogP contribution is 2.31. The zero-order valence-corrected chi connectivity index (χ0v) is 9.32. The maximum absolute atomic E-state index is 6.25. The third-order valence-corrected chi connectivity index (χ3v) is 3.30. The van der Waals surface area contributed by atoms with Crippen molar-refractivity contribution in [2.24, 2.45) is 11.7 Å². The van der Waals surface area contributed by atoms with Crippen molar-refractivity contribution in [2.45, 2.75) is 45.1 Å². The Morgan fingerprint density at radius 3 is 2.73 bits per heavy atom. The van der Waals surface area contributed by atoms with Crippen molar-refractivity contribution < 1.29 is 0 Å². The molecule has 1 fully saturated rings. The van der Waals surface area contributed by atoms with Crippen LogP contribution in [0, 0.1) is 12.8 Å². The van der Waals surface area contributed by atoms with Crippen LogP contribution in [-0.4, -0.2) is 9.97 Å². The summed E-state index contributed by atoms with van der Waals surface area (Å²) in [5, 5.41) is 0. The van der Waals surface area contributed by atoms with Crippen LogP contribution >= 0.6 is 0 Å². The van der Waals surface area contributed by atoms with Gasteiger partial charge in [0, 0.05) is 12.2 Å². The second-order valence-electron chi connectivity index (χ2n) is 4.45. The van der Waals surface area contributed by atoms with E-state index in [4.69, 9.17) is 5.73 Å². The first-order chi connectivity index (χ1) is 7.27. The first-order valence-corrected chi connectivity index (χ1v) is 5.82. The van der Waals surface area contributed by atoms with E-state index in [0.717, 1.165) is 11.5 Å². The Morgan fingerprint density at radius 2 is 2.07 bits per heavy atom. The molecule has 1 atom stereocenters. The fraction of sp³-hybridized carbons (Fsp3) is 0.667. The van der Waals surface area contributed by atoms with E-state index < -0.39 is 0 Å². The first-order valence-electron chi connectivity index (χ1n) is 5.82. The minimum absolute atomic E-state index is 0.104. The molecule has 3 heteroatoms. The third-order valence-electron chi connectivity index (χ3n) is 3.30. The molecule has 1 saturated carbocycles. The Hall–Kier alpha value is -0.960. The van der Waals surface area contributed by atoms with E-state index in [1.165, 1.54) is 32.1 Å². The van der Waals surface area contributed by atoms with Gasteiger partial charge < -0.3 is 5.73 Å². The predicted octanol–water partition coefficient (Wildman–Crippen LogP) is 2.37. The summed E-state index contributed by atoms with van der Waals surface area (Å²) in [6.45, 7) is 1.91. The van der Waals surface area contributed by atoms with Gasteiger partial charge in [-0.1, -0.05) is 19.3 Å². The molecule has 1 heterocycles. The summed E-state index contributed by atoms with van der Waals surface area (Å²) in [6, 6.07) is 2.05. The predicted molar refractivity (Wildman–Crippen MR) is 60.3 cm³/mol. The van der Waals surface area contributed by atoms with Crippen molar-refractivity contribution >= 4 is 0 Å². The van der Waals surface area contributed by atoms with Gasteiger partial charge in [-0.2, -0.15) is 0 Å². The smallest absolute Gasteiger partial charge is 0.125 e. The van der Waals surface area contributed by atoms with Crippen LogP contribution in [0.15, 0.2) is 12.3 Å². The molecule has 0 radical (unpaired) electrons. The van der Waals surface area contributed by atoms with E-state index in [1.807, 2.05) is 13.0 Å². The van der Waals surface area contributed by atoms with Crippen molar-refractivity contribution in [1.82, 2.24) is 9.97 Å². The highest BCUT2D eigenvalue weighted by Gasteiger charge is 2.22. The molecule has 2 rings (SSSR count). The molecule has 1 aromatic rings. The quantitative estimate of drug-likeness (QED) is 0.806. The summed E-state index contributed by atoms with van der Waals surface area (Å²) < 4.78 is 0. The molecule has 1 aromatic heterocycles. The van der Waals surface area contributed by atoms with Crippen molar-refractivity contribution in [3.05, 3.63) is 23.8 Å². The molecule has 1 aliphatic rings. The summed E-state index contributed by atoms with van der Waals surface area (Å²) in [5.74, 6) is 1.44. The second-order valence-corrected chi connectivity index (χ2v) is 4.45. The topological polar surface area (TPSA) is 51.8 Å². The second kappa shape index (κ2) is 4.71. The van der Waals surface area contributed by atoms with E-state index in [9.17, 15) is 0 Å². The van der Waals surface area contributed by atoms with Crippen LogP contribution in [0.4, 0.5) is 0 Å². The Kier molecular flexibility index (Phi) is 3.31. The minimum Gasteiger partial charge on any atom is -0.322 e. The van der Waals surface area contributed by atoms with E-state index in [2.05, 4.69) is 9.97 Å². The lowest BCUT2D eigenvalue weighted by Crippen LogP contribution is -2.24. The molecule has 0 spiro atoms. The van der Waals surface area contributed by atoms with Gasteiger partial charge in [0.2, 0.25) is 0 Å². The van der Waals surface area contributed by atoms with E-state index >= 15 is 0 Å². The highest BCUT2D eigenvalue weighted by molar-refractivity contribution is 5.08.